The molecule has 88 heavy (non-hydrogen) atoms. The summed E-state index contributed by atoms with van der Waals surface area (Å²) >= 11 is 1.57. The number of aromatic nitrogens is 1. The third kappa shape index (κ3) is 14.5. The molecule has 462 valence electrons. The van der Waals surface area contributed by atoms with Crippen LogP contribution >= 0.6 is 11.3 Å². The zero-order valence-electron chi connectivity index (χ0n) is 50.7. The molecule has 4 aliphatic rings. The maximum atomic E-state index is 14.7. The fraction of sp³-hybridized carbons (Fsp3) is 0.420. The molecule has 0 bridgehead atoms. The second-order valence-corrected chi connectivity index (χ2v) is 25.7. The number of benzene rings is 5. The van der Waals surface area contributed by atoms with Crippen molar-refractivity contribution < 1.29 is 48.1 Å². The topological polar surface area (TPSA) is 252 Å². The molecule has 1 fully saturated rings. The van der Waals surface area contributed by atoms with Crippen molar-refractivity contribution in [2.24, 2.45) is 11.1 Å². The number of nitrogens with two attached hydrogens (primary N) is 1. The number of thiazole rings is 1. The van der Waals surface area contributed by atoms with Crippen LogP contribution in [0, 0.1) is 12.3 Å². The molecule has 0 radical (unpaired) electrons. The van der Waals surface area contributed by atoms with Crippen molar-refractivity contribution in [3.05, 3.63) is 165 Å². The lowest BCUT2D eigenvalue weighted by Gasteiger charge is -2.35. The van der Waals surface area contributed by atoms with Crippen LogP contribution < -0.4 is 31.9 Å². The van der Waals surface area contributed by atoms with E-state index in [4.69, 9.17) is 15.2 Å². The molecule has 4 heterocycles. The van der Waals surface area contributed by atoms with Gasteiger partial charge in [-0.15, -0.1) is 11.3 Å². The lowest BCUT2D eigenvalue weighted by molar-refractivity contribution is -0.144. The van der Waals surface area contributed by atoms with Gasteiger partial charge in [-0.2, -0.15) is 0 Å². The number of likely N-dealkylation sites (tertiary alicyclic amines) is 1. The van der Waals surface area contributed by atoms with E-state index in [1.165, 1.54) is 9.80 Å². The first kappa shape index (κ1) is 62.8. The van der Waals surface area contributed by atoms with Gasteiger partial charge in [0.25, 0.3) is 0 Å². The summed E-state index contributed by atoms with van der Waals surface area (Å²) in [5.74, 6) is -2.59. The van der Waals surface area contributed by atoms with Crippen LogP contribution in [0.1, 0.15) is 130 Å². The number of alkyl carbamates (subject to hydrolysis) is 1. The maximum absolute atomic E-state index is 14.7. The van der Waals surface area contributed by atoms with E-state index in [1.807, 2.05) is 143 Å². The molecule has 7 amide bonds. The number of carbonyl (C=O) groups is 7. The summed E-state index contributed by atoms with van der Waals surface area (Å²) in [4.78, 5) is 105. The number of carbonyl (C=O) groups excluding carboxylic acids is 7. The van der Waals surface area contributed by atoms with E-state index >= 15 is 0 Å². The van der Waals surface area contributed by atoms with Crippen molar-refractivity contribution in [1.82, 2.24) is 31.2 Å². The molecule has 7 atom stereocenters. The average Bonchev–Trinajstić information content (AvgIpc) is 1.89. The number of para-hydroxylation sites is 1. The van der Waals surface area contributed by atoms with Crippen LogP contribution in [0.5, 0.6) is 0 Å². The number of aliphatic hydroxyl groups excluding tert-OH is 1. The third-order valence-electron chi connectivity index (χ3n) is 17.6. The molecule has 1 aliphatic carbocycles. The largest absolute Gasteiger partial charge is 0.449 e. The highest BCUT2D eigenvalue weighted by Gasteiger charge is 2.46. The van der Waals surface area contributed by atoms with Crippen LogP contribution in [0.25, 0.3) is 21.6 Å². The standard InChI is InChI=1S/C69H80N8O10S/c1-41-62(88-40-72-41)46-28-26-43(27-29-46)36-71-64(81)57-35-49(78)37-76(57)67(84)63(69(3,4)5)75-60(80)25-8-6-7-16-44-17-9-10-18-48(44)38-86-42(2)55(32-33-59(70)79)73-65(82)58-34-47-20-15-19-45-30-31-56(66(83)77(58)61(45)47)74-68(85)87-39-54-52-23-13-11-21-50(52)51-22-12-14-24-53(51)54/h9-15,17-24,26-29,40,42,49,54-58,63,78H,6-8,16,25,30-39H2,1-5H3,(H2,70,79)(H,71,81)(H,73,82)(H,74,85)(H,75,80)/t42-,49-,55+,56+,57+,58+,63-/m1/s1. The third-order valence-corrected chi connectivity index (χ3v) is 18.6. The number of unbranched alkanes of at least 4 members (excludes halogenated alkanes) is 2. The lowest BCUT2D eigenvalue weighted by Crippen LogP contribution is -2.57. The number of hydrogen-bond acceptors (Lipinski definition) is 12. The summed E-state index contributed by atoms with van der Waals surface area (Å²) in [5.41, 5.74) is 18.4. The first-order valence-electron chi connectivity index (χ1n) is 30.7. The van der Waals surface area contributed by atoms with Gasteiger partial charge >= 0.3 is 6.09 Å². The molecule has 18 nitrogen and oxygen atoms in total. The number of amides is 7. The van der Waals surface area contributed by atoms with Crippen LogP contribution in [0.3, 0.4) is 0 Å². The molecule has 0 unspecified atom stereocenters. The van der Waals surface area contributed by atoms with Crippen LogP contribution in [0.4, 0.5) is 10.5 Å². The highest BCUT2D eigenvalue weighted by Crippen LogP contribution is 2.45. The van der Waals surface area contributed by atoms with Gasteiger partial charge < -0.3 is 46.5 Å². The SMILES string of the molecule is Cc1ncsc1-c1ccc(CNC(=O)[C@@H]2C[C@@H](O)CN2C(=O)[C@@H](NC(=O)CCCCCc2ccccc2CO[C@H](C)[C@H](CCC(N)=O)NC(=O)[C@@H]2Cc3cccc4c3N2C(=O)[C@@H](NC(=O)OCC2c3ccccc3-c3ccccc32)CC4)C(C)(C)C)cc1. The van der Waals surface area contributed by atoms with Crippen LogP contribution in [-0.4, -0.2) is 112 Å². The molecule has 19 heteroatoms. The summed E-state index contributed by atoms with van der Waals surface area (Å²) in [5, 5.41) is 22.6. The van der Waals surface area contributed by atoms with Gasteiger partial charge in [-0.25, -0.2) is 9.78 Å². The van der Waals surface area contributed by atoms with Crippen LogP contribution in [0.15, 0.2) is 121 Å². The van der Waals surface area contributed by atoms with Gasteiger partial charge in [-0.3, -0.25) is 33.7 Å². The summed E-state index contributed by atoms with van der Waals surface area (Å²) in [6, 6.07) is 33.3. The monoisotopic (exact) mass is 1210 g/mol. The zero-order valence-corrected chi connectivity index (χ0v) is 51.5. The van der Waals surface area contributed by atoms with E-state index in [1.54, 1.807) is 11.3 Å². The van der Waals surface area contributed by atoms with Crippen molar-refractivity contribution >= 4 is 58.6 Å². The minimum Gasteiger partial charge on any atom is -0.449 e. The molecule has 1 aromatic heterocycles. The molecule has 0 spiro atoms. The van der Waals surface area contributed by atoms with Crippen molar-refractivity contribution in [1.29, 1.82) is 0 Å². The fourth-order valence-corrected chi connectivity index (χ4v) is 13.6. The molecule has 5 aromatic carbocycles. The molecule has 1 saturated heterocycles. The van der Waals surface area contributed by atoms with Crippen molar-refractivity contribution in [3.63, 3.8) is 0 Å². The molecule has 3 aliphatic heterocycles. The van der Waals surface area contributed by atoms with Crippen LogP contribution in [0.2, 0.25) is 0 Å². The Morgan fingerprint density at radius 1 is 0.807 bits per heavy atom. The number of anilines is 1. The Morgan fingerprint density at radius 2 is 1.50 bits per heavy atom. The highest BCUT2D eigenvalue weighted by molar-refractivity contribution is 7.13. The molecule has 6 aromatic rings. The van der Waals surface area contributed by atoms with E-state index in [-0.39, 0.29) is 76.1 Å². The van der Waals surface area contributed by atoms with E-state index in [0.717, 1.165) is 79.0 Å². The van der Waals surface area contributed by atoms with Gasteiger partial charge in [0.05, 0.1) is 46.6 Å². The smallest absolute Gasteiger partial charge is 0.407 e. The second kappa shape index (κ2) is 27.8. The molecule has 0 saturated carbocycles. The van der Waals surface area contributed by atoms with E-state index in [2.05, 4.69) is 38.4 Å². The van der Waals surface area contributed by atoms with Crippen molar-refractivity contribution in [2.75, 3.05) is 18.1 Å². The number of nitrogens with one attached hydrogen (secondary N) is 4. The van der Waals surface area contributed by atoms with Gasteiger partial charge in [0, 0.05) is 44.7 Å². The Morgan fingerprint density at radius 3 is 2.19 bits per heavy atom. The van der Waals surface area contributed by atoms with Gasteiger partial charge in [-0.05, 0) is 113 Å². The summed E-state index contributed by atoms with van der Waals surface area (Å²) in [7, 11) is 0. The normalized spacial score (nSPS) is 18.7. The zero-order chi connectivity index (χ0) is 62.2. The number of aliphatic hydroxyl groups is 1. The number of nitrogens with zero attached hydrogens (tertiary/aromatic N) is 3. The Hall–Kier alpha value is -8.26. The average molecular weight is 1210 g/mol. The Labute approximate surface area is 518 Å². The van der Waals surface area contributed by atoms with Crippen molar-refractivity contribution in [3.8, 4) is 21.6 Å². The van der Waals surface area contributed by atoms with E-state index < -0.39 is 77.6 Å². The van der Waals surface area contributed by atoms with Crippen molar-refractivity contribution in [2.45, 2.75) is 167 Å². The lowest BCUT2D eigenvalue weighted by atomic mass is 9.85. The Balaban J connectivity index is 0.701. The highest BCUT2D eigenvalue weighted by atomic mass is 32.1. The van der Waals surface area contributed by atoms with Gasteiger partial charge in [0.1, 0.15) is 30.8 Å². The molecule has 7 N–H and O–H groups in total. The van der Waals surface area contributed by atoms with E-state index in [0.29, 0.717) is 31.4 Å². The minimum absolute atomic E-state index is 0.0157. The van der Waals surface area contributed by atoms with Gasteiger partial charge in [-0.1, -0.05) is 142 Å². The summed E-state index contributed by atoms with van der Waals surface area (Å²) in [6.45, 7) is 9.91. The van der Waals surface area contributed by atoms with Crippen LogP contribution in [-0.2, 0) is 70.7 Å². The van der Waals surface area contributed by atoms with E-state index in [9.17, 15) is 38.7 Å². The Kier molecular flexibility index (Phi) is 19.9. The second-order valence-electron chi connectivity index (χ2n) is 24.8. The number of primary amides is 1. The predicted molar refractivity (Wildman–Crippen MR) is 337 cm³/mol. The Bertz CT molecular complexity index is 3500. The number of hydrogen-bond donors (Lipinski definition) is 6. The minimum atomic E-state index is -0.962. The van der Waals surface area contributed by atoms with Gasteiger partial charge in [0.2, 0.25) is 35.4 Å². The maximum Gasteiger partial charge on any atom is 0.407 e. The summed E-state index contributed by atoms with van der Waals surface area (Å²) in [6.07, 6.45) is 2.07. The first-order chi connectivity index (χ1) is 42.3. The number of aryl methyl sites for hydroxylation is 3. The predicted octanol–water partition coefficient (Wildman–Crippen LogP) is 8.50. The molecule has 10 rings (SSSR count). The first-order valence-corrected chi connectivity index (χ1v) is 31.6. The number of fused-ring (bicyclic) bond motifs is 3. The quantitative estimate of drug-likeness (QED) is 0.0313. The number of ether oxygens (including phenoxy) is 2. The number of β-amino-alcohol motifs (C(OH)–C–C–N with tert-alkyl or cyclic N) is 1. The fourth-order valence-electron chi connectivity index (χ4n) is 12.8. The molecular weight excluding hydrogens is 1130 g/mol. The summed E-state index contributed by atoms with van der Waals surface area (Å²) < 4.78 is 12.4. The number of rotatable bonds is 24. The van der Waals surface area contributed by atoms with Gasteiger partial charge in [0.15, 0.2) is 0 Å². The molecular formula is C69H80N8O10S.